The van der Waals surface area contributed by atoms with Crippen molar-refractivity contribution in [2.45, 2.75) is 38.8 Å². The first-order chi connectivity index (χ1) is 16.4. The van der Waals surface area contributed by atoms with Gasteiger partial charge >= 0.3 is 0 Å². The van der Waals surface area contributed by atoms with Crippen LogP contribution in [-0.2, 0) is 0 Å². The summed E-state index contributed by atoms with van der Waals surface area (Å²) >= 11 is 6.26. The summed E-state index contributed by atoms with van der Waals surface area (Å²) in [4.78, 5) is 24.7. The van der Waals surface area contributed by atoms with Crippen LogP contribution in [0, 0.1) is 11.6 Å². The van der Waals surface area contributed by atoms with E-state index in [9.17, 15) is 8.78 Å². The molecule has 0 N–H and O–H groups in total. The third kappa shape index (κ3) is 4.36. The molecule has 2 aliphatic heterocycles. The van der Waals surface area contributed by atoms with E-state index in [1.54, 1.807) is 18.5 Å². The lowest BCUT2D eigenvalue weighted by atomic mass is 10.1. The van der Waals surface area contributed by atoms with E-state index in [1.165, 1.54) is 6.07 Å². The van der Waals surface area contributed by atoms with Gasteiger partial charge < -0.3 is 14.7 Å². The van der Waals surface area contributed by atoms with Crippen molar-refractivity contribution in [1.82, 2.24) is 19.9 Å². The fourth-order valence-corrected chi connectivity index (χ4v) is 4.97. The van der Waals surface area contributed by atoms with Crippen LogP contribution in [0.4, 0.5) is 26.4 Å². The lowest BCUT2D eigenvalue weighted by molar-refractivity contribution is 0.509. The Morgan fingerprint density at radius 3 is 2.44 bits per heavy atom. The van der Waals surface area contributed by atoms with Crippen molar-refractivity contribution < 1.29 is 8.78 Å². The zero-order chi connectivity index (χ0) is 23.8. The highest BCUT2D eigenvalue weighted by atomic mass is 35.5. The second kappa shape index (κ2) is 9.29. The van der Waals surface area contributed by atoms with Crippen molar-refractivity contribution in [1.29, 1.82) is 0 Å². The Balaban J connectivity index is 1.49. The number of piperazine rings is 1. The first kappa shape index (κ1) is 22.7. The average Bonchev–Trinajstić information content (AvgIpc) is 3.26. The molecule has 178 valence electrons. The molecule has 0 radical (unpaired) electrons. The van der Waals surface area contributed by atoms with Gasteiger partial charge in [0.15, 0.2) is 22.6 Å². The maximum Gasteiger partial charge on any atom is 0.228 e. The van der Waals surface area contributed by atoms with Gasteiger partial charge in [0.25, 0.3) is 0 Å². The molecule has 2 saturated heterocycles. The van der Waals surface area contributed by atoms with Crippen LogP contribution in [0.2, 0.25) is 5.15 Å². The second-order valence-corrected chi connectivity index (χ2v) is 9.24. The molecule has 0 amide bonds. The van der Waals surface area contributed by atoms with E-state index in [1.807, 2.05) is 6.07 Å². The van der Waals surface area contributed by atoms with Gasteiger partial charge in [-0.2, -0.15) is 4.98 Å². The molecule has 2 aliphatic rings. The molecule has 4 heterocycles. The SMILES string of the molecule is C[C@@H]1CCCN1c1cc(-c2ccc(F)c(F)c2)nc(N2CCN(c3nccnc3Cl)C[C@@H]2C)n1. The van der Waals surface area contributed by atoms with Crippen molar-refractivity contribution in [2.24, 2.45) is 0 Å². The topological polar surface area (TPSA) is 61.3 Å². The third-order valence-corrected chi connectivity index (χ3v) is 6.85. The summed E-state index contributed by atoms with van der Waals surface area (Å²) in [5.74, 6) is 0.282. The molecule has 34 heavy (non-hydrogen) atoms. The normalized spacial score (nSPS) is 20.8. The molecule has 2 fully saturated rings. The molecule has 2 atom stereocenters. The standard InChI is InChI=1S/C24H26ClF2N7/c1-15-4-3-9-33(15)21-13-20(17-5-6-18(26)19(27)12-17)30-24(31-21)34-11-10-32(14-16(34)2)23-22(25)28-7-8-29-23/h5-8,12-13,15-16H,3-4,9-11,14H2,1-2H3/t15-,16+/m1/s1. The fraction of sp³-hybridized carbons (Fsp3) is 0.417. The van der Waals surface area contributed by atoms with Gasteiger partial charge in [-0.25, -0.2) is 23.7 Å². The molecule has 1 aromatic carbocycles. The van der Waals surface area contributed by atoms with Crippen LogP contribution in [0.3, 0.4) is 0 Å². The number of halogens is 3. The summed E-state index contributed by atoms with van der Waals surface area (Å²) in [6.45, 7) is 7.19. The van der Waals surface area contributed by atoms with Crippen LogP contribution in [0.5, 0.6) is 0 Å². The number of nitrogens with zero attached hydrogens (tertiary/aromatic N) is 7. The predicted molar refractivity (Wildman–Crippen MR) is 129 cm³/mol. The second-order valence-electron chi connectivity index (χ2n) is 8.88. The van der Waals surface area contributed by atoms with Crippen LogP contribution in [-0.4, -0.2) is 58.2 Å². The monoisotopic (exact) mass is 485 g/mol. The molecule has 3 aromatic rings. The van der Waals surface area contributed by atoms with Gasteiger partial charge in [-0.05, 0) is 44.9 Å². The molecule has 0 unspecified atom stereocenters. The molecular weight excluding hydrogens is 460 g/mol. The van der Waals surface area contributed by atoms with Crippen LogP contribution in [0.15, 0.2) is 36.7 Å². The van der Waals surface area contributed by atoms with E-state index in [0.29, 0.717) is 53.9 Å². The zero-order valence-electron chi connectivity index (χ0n) is 19.1. The van der Waals surface area contributed by atoms with E-state index < -0.39 is 11.6 Å². The van der Waals surface area contributed by atoms with E-state index in [2.05, 4.69) is 38.5 Å². The Hall–Kier alpha value is -3.07. The van der Waals surface area contributed by atoms with Gasteiger partial charge in [-0.1, -0.05) is 11.6 Å². The van der Waals surface area contributed by atoms with E-state index >= 15 is 0 Å². The van der Waals surface area contributed by atoms with E-state index in [4.69, 9.17) is 21.6 Å². The first-order valence-corrected chi connectivity index (χ1v) is 11.9. The molecule has 5 rings (SSSR count). The Labute approximate surface area is 202 Å². The maximum absolute atomic E-state index is 14.0. The highest BCUT2D eigenvalue weighted by Gasteiger charge is 2.30. The molecule has 10 heteroatoms. The van der Waals surface area contributed by atoms with Crippen LogP contribution in [0.1, 0.15) is 26.7 Å². The number of aromatic nitrogens is 4. The minimum Gasteiger partial charge on any atom is -0.354 e. The number of anilines is 3. The van der Waals surface area contributed by atoms with Gasteiger partial charge in [-0.15, -0.1) is 0 Å². The van der Waals surface area contributed by atoms with Crippen molar-refractivity contribution in [3.8, 4) is 11.3 Å². The molecule has 7 nitrogen and oxygen atoms in total. The van der Waals surface area contributed by atoms with Crippen LogP contribution >= 0.6 is 11.6 Å². The van der Waals surface area contributed by atoms with Gasteiger partial charge in [0.2, 0.25) is 5.95 Å². The number of benzene rings is 1. The Morgan fingerprint density at radius 2 is 1.74 bits per heavy atom. The summed E-state index contributed by atoms with van der Waals surface area (Å²) in [6, 6.07) is 6.17. The largest absolute Gasteiger partial charge is 0.354 e. The van der Waals surface area contributed by atoms with Gasteiger partial charge in [0.1, 0.15) is 5.82 Å². The van der Waals surface area contributed by atoms with Crippen molar-refractivity contribution >= 4 is 29.2 Å². The lowest BCUT2D eigenvalue weighted by Gasteiger charge is -2.40. The summed E-state index contributed by atoms with van der Waals surface area (Å²) in [7, 11) is 0. The number of hydrogen-bond donors (Lipinski definition) is 0. The Bertz CT molecular complexity index is 1190. The molecule has 0 bridgehead atoms. The highest BCUT2D eigenvalue weighted by molar-refractivity contribution is 6.31. The van der Waals surface area contributed by atoms with Gasteiger partial charge in [0, 0.05) is 62.3 Å². The molecule has 0 saturated carbocycles. The first-order valence-electron chi connectivity index (χ1n) is 11.5. The fourth-order valence-electron chi connectivity index (χ4n) is 4.75. The Morgan fingerprint density at radius 1 is 0.912 bits per heavy atom. The summed E-state index contributed by atoms with van der Waals surface area (Å²) in [5, 5.41) is 0.380. The average molecular weight is 486 g/mol. The number of rotatable bonds is 4. The summed E-state index contributed by atoms with van der Waals surface area (Å²) in [6.07, 6.45) is 5.39. The van der Waals surface area contributed by atoms with Crippen molar-refractivity contribution in [3.63, 3.8) is 0 Å². The summed E-state index contributed by atoms with van der Waals surface area (Å²) < 4.78 is 27.6. The molecule has 2 aromatic heterocycles. The number of hydrogen-bond acceptors (Lipinski definition) is 7. The van der Waals surface area contributed by atoms with Crippen LogP contribution in [0.25, 0.3) is 11.3 Å². The quantitative estimate of drug-likeness (QED) is 0.536. The van der Waals surface area contributed by atoms with E-state index in [0.717, 1.165) is 31.3 Å². The Kier molecular flexibility index (Phi) is 6.20. The van der Waals surface area contributed by atoms with Crippen molar-refractivity contribution in [2.75, 3.05) is 40.9 Å². The minimum atomic E-state index is -0.892. The smallest absolute Gasteiger partial charge is 0.228 e. The van der Waals surface area contributed by atoms with E-state index in [-0.39, 0.29) is 6.04 Å². The van der Waals surface area contributed by atoms with Crippen molar-refractivity contribution in [3.05, 3.63) is 53.4 Å². The predicted octanol–water partition coefficient (Wildman–Crippen LogP) is 4.57. The lowest BCUT2D eigenvalue weighted by Crippen LogP contribution is -2.53. The molecular formula is C24H26ClF2N7. The third-order valence-electron chi connectivity index (χ3n) is 6.58. The molecule has 0 aliphatic carbocycles. The maximum atomic E-state index is 14.0. The highest BCUT2D eigenvalue weighted by Crippen LogP contribution is 2.32. The van der Waals surface area contributed by atoms with Crippen LogP contribution < -0.4 is 14.7 Å². The summed E-state index contributed by atoms with van der Waals surface area (Å²) in [5.41, 5.74) is 1.10. The van der Waals surface area contributed by atoms with Gasteiger partial charge in [-0.3, -0.25) is 0 Å². The van der Waals surface area contributed by atoms with Gasteiger partial charge in [0.05, 0.1) is 5.69 Å². The molecule has 0 spiro atoms. The minimum absolute atomic E-state index is 0.0656. The zero-order valence-corrected chi connectivity index (χ0v) is 19.9.